The van der Waals surface area contributed by atoms with Crippen molar-refractivity contribution in [2.45, 2.75) is 33.6 Å². The van der Waals surface area contributed by atoms with Gasteiger partial charge in [-0.1, -0.05) is 32.4 Å². The molecule has 0 N–H and O–H groups in total. The first-order valence-electron chi connectivity index (χ1n) is 5.86. The van der Waals surface area contributed by atoms with Gasteiger partial charge >= 0.3 is 5.97 Å². The number of ether oxygens (including phenoxy) is 1. The van der Waals surface area contributed by atoms with Crippen molar-refractivity contribution in [1.29, 1.82) is 0 Å². The van der Waals surface area contributed by atoms with Gasteiger partial charge in [-0.3, -0.25) is 0 Å². The van der Waals surface area contributed by atoms with Crippen LogP contribution < -0.4 is 0 Å². The highest BCUT2D eigenvalue weighted by atomic mass is 35.5. The zero-order valence-electron chi connectivity index (χ0n) is 10.5. The van der Waals surface area contributed by atoms with Crippen LogP contribution in [0.25, 0.3) is 0 Å². The lowest BCUT2D eigenvalue weighted by Crippen LogP contribution is -2.09. The molecule has 0 aliphatic heterocycles. The van der Waals surface area contributed by atoms with Gasteiger partial charge in [0.05, 0.1) is 12.2 Å². The number of rotatable bonds is 5. The smallest absolute Gasteiger partial charge is 0.338 e. The van der Waals surface area contributed by atoms with Gasteiger partial charge in [-0.15, -0.1) is 0 Å². The van der Waals surface area contributed by atoms with Gasteiger partial charge in [-0.2, -0.15) is 0 Å². The number of esters is 1. The molecule has 17 heavy (non-hydrogen) atoms. The minimum atomic E-state index is -0.329. The second kappa shape index (κ2) is 6.60. The lowest BCUT2D eigenvalue weighted by molar-refractivity contribution is 0.0488. The highest BCUT2D eigenvalue weighted by Crippen LogP contribution is 2.13. The van der Waals surface area contributed by atoms with E-state index in [1.165, 1.54) is 0 Å². The molecule has 0 amide bonds. The molecule has 0 unspecified atom stereocenters. The van der Waals surface area contributed by atoms with Crippen LogP contribution in [0.2, 0.25) is 5.15 Å². The summed E-state index contributed by atoms with van der Waals surface area (Å²) in [5, 5.41) is 0.333. The van der Waals surface area contributed by atoms with Crippen molar-refractivity contribution >= 4 is 17.6 Å². The number of aromatic nitrogens is 1. The lowest BCUT2D eigenvalue weighted by atomic mass is 10.1. The second-order valence-electron chi connectivity index (χ2n) is 4.34. The fourth-order valence-electron chi connectivity index (χ4n) is 1.32. The number of hydrogen-bond donors (Lipinski definition) is 0. The largest absolute Gasteiger partial charge is 0.462 e. The number of halogens is 1. The molecular formula is C13H18ClNO2. The van der Waals surface area contributed by atoms with E-state index >= 15 is 0 Å². The van der Waals surface area contributed by atoms with E-state index in [1.807, 2.05) is 6.92 Å². The Balaban J connectivity index is 2.65. The molecule has 0 radical (unpaired) electrons. The number of hydrogen-bond acceptors (Lipinski definition) is 3. The maximum absolute atomic E-state index is 11.7. The third kappa shape index (κ3) is 4.73. The van der Waals surface area contributed by atoms with Gasteiger partial charge < -0.3 is 4.74 Å². The van der Waals surface area contributed by atoms with Crippen LogP contribution in [0.15, 0.2) is 12.1 Å². The van der Waals surface area contributed by atoms with Crippen molar-refractivity contribution in [3.05, 3.63) is 28.5 Å². The van der Waals surface area contributed by atoms with Crippen molar-refractivity contribution in [2.24, 2.45) is 5.92 Å². The second-order valence-corrected chi connectivity index (χ2v) is 4.73. The first kappa shape index (κ1) is 14.0. The van der Waals surface area contributed by atoms with Crippen molar-refractivity contribution in [1.82, 2.24) is 4.98 Å². The highest BCUT2D eigenvalue weighted by Gasteiger charge is 2.10. The average Bonchev–Trinajstić information content (AvgIpc) is 2.27. The molecule has 0 aromatic carbocycles. The van der Waals surface area contributed by atoms with Gasteiger partial charge in [-0.25, -0.2) is 9.78 Å². The lowest BCUT2D eigenvalue weighted by Gasteiger charge is -2.07. The van der Waals surface area contributed by atoms with Crippen LogP contribution in [0, 0.1) is 5.92 Å². The zero-order valence-corrected chi connectivity index (χ0v) is 11.3. The number of carbonyl (C=O) groups excluding carboxylic acids is 1. The van der Waals surface area contributed by atoms with Crippen LogP contribution in [-0.4, -0.2) is 17.6 Å². The summed E-state index contributed by atoms with van der Waals surface area (Å²) < 4.78 is 5.17. The topological polar surface area (TPSA) is 39.2 Å². The maximum Gasteiger partial charge on any atom is 0.338 e. The Kier molecular flexibility index (Phi) is 5.42. The normalized spacial score (nSPS) is 10.6. The summed E-state index contributed by atoms with van der Waals surface area (Å²) >= 11 is 5.84. The molecule has 0 saturated heterocycles. The summed E-state index contributed by atoms with van der Waals surface area (Å²) in [4.78, 5) is 15.8. The van der Waals surface area contributed by atoms with E-state index in [-0.39, 0.29) is 5.97 Å². The molecule has 1 heterocycles. The van der Waals surface area contributed by atoms with Gasteiger partial charge in [-0.05, 0) is 30.9 Å². The van der Waals surface area contributed by atoms with Crippen LogP contribution in [0.4, 0.5) is 0 Å². The molecule has 0 spiro atoms. The Morgan fingerprint density at radius 2 is 2.18 bits per heavy atom. The first-order chi connectivity index (χ1) is 8.02. The SMILES string of the molecule is CCc1cc(C(=O)OCCC(C)C)cc(Cl)n1. The third-order valence-corrected chi connectivity index (χ3v) is 2.57. The van der Waals surface area contributed by atoms with Crippen LogP contribution in [0.1, 0.15) is 43.2 Å². The summed E-state index contributed by atoms with van der Waals surface area (Å²) in [6.07, 6.45) is 1.61. The zero-order chi connectivity index (χ0) is 12.8. The van der Waals surface area contributed by atoms with Crippen LogP contribution in [0.5, 0.6) is 0 Å². The van der Waals surface area contributed by atoms with Gasteiger partial charge in [0.15, 0.2) is 0 Å². The van der Waals surface area contributed by atoms with Crippen molar-refractivity contribution < 1.29 is 9.53 Å². The van der Waals surface area contributed by atoms with Crippen LogP contribution >= 0.6 is 11.6 Å². The van der Waals surface area contributed by atoms with Gasteiger partial charge in [0, 0.05) is 5.69 Å². The summed E-state index contributed by atoms with van der Waals surface area (Å²) in [5.74, 6) is 0.194. The summed E-state index contributed by atoms with van der Waals surface area (Å²) in [7, 11) is 0. The number of aryl methyl sites for hydroxylation is 1. The molecule has 0 fully saturated rings. The molecule has 94 valence electrons. The molecule has 4 heteroatoms. The molecule has 1 aromatic heterocycles. The van der Waals surface area contributed by atoms with Gasteiger partial charge in [0.25, 0.3) is 0 Å². The minimum Gasteiger partial charge on any atom is -0.462 e. The molecule has 0 aliphatic carbocycles. The highest BCUT2D eigenvalue weighted by molar-refractivity contribution is 6.29. The van der Waals surface area contributed by atoms with Crippen molar-refractivity contribution in [3.63, 3.8) is 0 Å². The van der Waals surface area contributed by atoms with Crippen LogP contribution in [0.3, 0.4) is 0 Å². The van der Waals surface area contributed by atoms with E-state index in [9.17, 15) is 4.79 Å². The average molecular weight is 256 g/mol. The molecular weight excluding hydrogens is 238 g/mol. The molecule has 3 nitrogen and oxygen atoms in total. The van der Waals surface area contributed by atoms with Crippen molar-refractivity contribution in [2.75, 3.05) is 6.61 Å². The molecule has 0 aliphatic rings. The maximum atomic E-state index is 11.7. The fourth-order valence-corrected chi connectivity index (χ4v) is 1.55. The van der Waals surface area contributed by atoms with E-state index in [4.69, 9.17) is 16.3 Å². The van der Waals surface area contributed by atoms with E-state index in [0.29, 0.717) is 23.2 Å². The standard InChI is InChI=1S/C13H18ClNO2/c1-4-11-7-10(8-12(14)15-11)13(16)17-6-5-9(2)3/h7-9H,4-6H2,1-3H3. The van der Waals surface area contributed by atoms with E-state index in [2.05, 4.69) is 18.8 Å². The predicted molar refractivity (Wildman–Crippen MR) is 68.4 cm³/mol. The minimum absolute atomic E-state index is 0.329. The van der Waals surface area contributed by atoms with E-state index in [1.54, 1.807) is 12.1 Å². The summed E-state index contributed by atoms with van der Waals surface area (Å²) in [6, 6.07) is 3.27. The Bertz CT molecular complexity index is 391. The predicted octanol–water partition coefficient (Wildman–Crippen LogP) is 3.50. The summed E-state index contributed by atoms with van der Waals surface area (Å²) in [6.45, 7) is 6.59. The fraction of sp³-hybridized carbons (Fsp3) is 0.538. The number of pyridine rings is 1. The molecule has 0 saturated carbocycles. The molecule has 0 bridgehead atoms. The Morgan fingerprint density at radius 1 is 1.47 bits per heavy atom. The van der Waals surface area contributed by atoms with Gasteiger partial charge in [0.2, 0.25) is 0 Å². The quantitative estimate of drug-likeness (QED) is 0.597. The Morgan fingerprint density at radius 3 is 2.76 bits per heavy atom. The van der Waals surface area contributed by atoms with E-state index < -0.39 is 0 Å². The molecule has 1 rings (SSSR count). The van der Waals surface area contributed by atoms with Crippen LogP contribution in [-0.2, 0) is 11.2 Å². The van der Waals surface area contributed by atoms with Gasteiger partial charge in [0.1, 0.15) is 5.15 Å². The monoisotopic (exact) mass is 255 g/mol. The van der Waals surface area contributed by atoms with Crippen molar-refractivity contribution in [3.8, 4) is 0 Å². The number of carbonyl (C=O) groups is 1. The number of nitrogens with zero attached hydrogens (tertiary/aromatic N) is 1. The molecule has 1 aromatic rings. The molecule has 0 atom stereocenters. The summed E-state index contributed by atoms with van der Waals surface area (Å²) in [5.41, 5.74) is 1.28. The first-order valence-corrected chi connectivity index (χ1v) is 6.24. The Labute approximate surface area is 107 Å². The van der Waals surface area contributed by atoms with E-state index in [0.717, 1.165) is 18.5 Å². The third-order valence-electron chi connectivity index (χ3n) is 2.37. The Hall–Kier alpha value is -1.09.